The summed E-state index contributed by atoms with van der Waals surface area (Å²) >= 11 is 1.28. The van der Waals surface area contributed by atoms with Gasteiger partial charge in [0.1, 0.15) is 17.9 Å². The Kier molecular flexibility index (Phi) is 3.79. The Bertz CT molecular complexity index is 1460. The fourth-order valence-corrected chi connectivity index (χ4v) is 5.21. The lowest BCUT2D eigenvalue weighted by Crippen LogP contribution is -2.43. The van der Waals surface area contributed by atoms with Crippen molar-refractivity contribution in [3.8, 4) is 11.5 Å². The van der Waals surface area contributed by atoms with Gasteiger partial charge in [-0.3, -0.25) is 14.2 Å². The number of ether oxygens (including phenoxy) is 2. The summed E-state index contributed by atoms with van der Waals surface area (Å²) in [5.74, 6) is 1.23. The van der Waals surface area contributed by atoms with Gasteiger partial charge in [0.15, 0.2) is 16.3 Å². The number of carbonyl (C=O) groups is 1. The molecule has 2 aromatic carbocycles. The molecule has 3 aliphatic rings. The average molecular weight is 434 g/mol. The molecule has 156 valence electrons. The lowest BCUT2D eigenvalue weighted by molar-refractivity contribution is -0.112. The first-order chi connectivity index (χ1) is 15.0. The maximum absolute atomic E-state index is 13.4. The molecule has 0 aliphatic carbocycles. The van der Waals surface area contributed by atoms with Crippen LogP contribution in [0, 0.1) is 6.92 Å². The second-order valence-corrected chi connectivity index (χ2v) is 8.70. The van der Waals surface area contributed by atoms with E-state index in [1.54, 1.807) is 16.5 Å². The third kappa shape index (κ3) is 2.63. The summed E-state index contributed by atoms with van der Waals surface area (Å²) in [6.07, 6.45) is 0. The molecule has 4 heterocycles. The highest BCUT2D eigenvalue weighted by atomic mass is 32.1. The van der Waals surface area contributed by atoms with E-state index in [4.69, 9.17) is 9.47 Å². The number of aromatic nitrogens is 1. The first-order valence-corrected chi connectivity index (χ1v) is 10.6. The average Bonchev–Trinajstić information content (AvgIpc) is 3.43. The molecule has 0 atom stereocenters. The van der Waals surface area contributed by atoms with Gasteiger partial charge in [0.25, 0.3) is 11.5 Å². The first-order valence-electron chi connectivity index (χ1n) is 9.83. The smallest absolute Gasteiger partial charge is 0.272 e. The van der Waals surface area contributed by atoms with E-state index in [0.717, 1.165) is 22.5 Å². The Labute approximate surface area is 180 Å². The number of fused-ring (bicyclic) bond motifs is 3. The molecule has 0 saturated heterocycles. The van der Waals surface area contributed by atoms with E-state index in [1.165, 1.54) is 11.3 Å². The molecule has 6 rings (SSSR count). The highest BCUT2D eigenvalue weighted by Gasteiger charge is 2.32. The Morgan fingerprint density at radius 2 is 1.90 bits per heavy atom. The number of benzene rings is 2. The second-order valence-electron chi connectivity index (χ2n) is 7.73. The summed E-state index contributed by atoms with van der Waals surface area (Å²) in [5.41, 5.74) is 3.82. The number of rotatable bonds is 1. The minimum Gasteiger partial charge on any atom is -0.454 e. The number of amides is 1. The molecule has 8 nitrogen and oxygen atoms in total. The number of thiazole rings is 1. The lowest BCUT2D eigenvalue weighted by atomic mass is 10.1. The van der Waals surface area contributed by atoms with Crippen LogP contribution in [-0.2, 0) is 11.5 Å². The first kappa shape index (κ1) is 18.2. The zero-order valence-corrected chi connectivity index (χ0v) is 17.7. The van der Waals surface area contributed by atoms with Crippen LogP contribution in [0.2, 0.25) is 0 Å². The van der Waals surface area contributed by atoms with Gasteiger partial charge < -0.3 is 19.3 Å². The van der Waals surface area contributed by atoms with Gasteiger partial charge >= 0.3 is 0 Å². The Morgan fingerprint density at radius 3 is 2.77 bits per heavy atom. The van der Waals surface area contributed by atoms with E-state index in [0.29, 0.717) is 39.7 Å². The van der Waals surface area contributed by atoms with Crippen LogP contribution in [0.5, 0.6) is 11.5 Å². The van der Waals surface area contributed by atoms with E-state index in [-0.39, 0.29) is 18.3 Å². The van der Waals surface area contributed by atoms with Crippen LogP contribution in [0.4, 0.5) is 11.4 Å². The number of carbonyl (C=O) groups excluding carboxylic acids is 1. The van der Waals surface area contributed by atoms with Crippen molar-refractivity contribution in [2.45, 2.75) is 13.6 Å². The van der Waals surface area contributed by atoms with Crippen molar-refractivity contribution in [1.82, 2.24) is 4.57 Å². The quantitative estimate of drug-likeness (QED) is 0.575. The highest BCUT2D eigenvalue weighted by molar-refractivity contribution is 7.07. The van der Waals surface area contributed by atoms with E-state index < -0.39 is 0 Å². The Morgan fingerprint density at radius 1 is 1.06 bits per heavy atom. The molecule has 1 aromatic heterocycles. The van der Waals surface area contributed by atoms with Gasteiger partial charge in [0.2, 0.25) is 6.79 Å². The summed E-state index contributed by atoms with van der Waals surface area (Å²) in [4.78, 5) is 35.2. The van der Waals surface area contributed by atoms with Crippen molar-refractivity contribution in [1.29, 1.82) is 0 Å². The van der Waals surface area contributed by atoms with Crippen molar-refractivity contribution in [3.05, 3.63) is 67.2 Å². The highest BCUT2D eigenvalue weighted by Crippen LogP contribution is 2.36. The zero-order chi connectivity index (χ0) is 21.3. The van der Waals surface area contributed by atoms with Crippen LogP contribution in [0.3, 0.4) is 0 Å². The fraction of sp³-hybridized carbons (Fsp3) is 0.227. The Balaban J connectivity index is 1.47. The van der Waals surface area contributed by atoms with E-state index in [1.807, 2.05) is 48.2 Å². The largest absolute Gasteiger partial charge is 0.454 e. The van der Waals surface area contributed by atoms with Crippen molar-refractivity contribution >= 4 is 34.2 Å². The van der Waals surface area contributed by atoms with Crippen LogP contribution in [-0.4, -0.2) is 31.0 Å². The molecule has 0 bridgehead atoms. The maximum Gasteiger partial charge on any atom is 0.272 e. The molecule has 0 N–H and O–H groups in total. The molecule has 0 unspecified atom stereocenters. The number of aryl methyl sites for hydroxylation is 1. The van der Waals surface area contributed by atoms with Crippen molar-refractivity contribution < 1.29 is 14.3 Å². The molecule has 9 heteroatoms. The predicted molar refractivity (Wildman–Crippen MR) is 116 cm³/mol. The van der Waals surface area contributed by atoms with Gasteiger partial charge in [-0.05, 0) is 31.2 Å². The molecule has 0 fully saturated rings. The SMILES string of the molecule is Cc1ccc2c(c1)C(=c1sc3n(c1=O)CN(c1ccc4c(c1)OCO4)CN=3)C(=O)N2C. The van der Waals surface area contributed by atoms with Gasteiger partial charge in [0.05, 0.1) is 11.3 Å². The molecule has 3 aromatic rings. The summed E-state index contributed by atoms with van der Waals surface area (Å²) in [6.45, 7) is 2.96. The van der Waals surface area contributed by atoms with E-state index in [9.17, 15) is 9.59 Å². The number of hydrogen-bond acceptors (Lipinski definition) is 7. The second kappa shape index (κ2) is 6.45. The molecule has 1 amide bonds. The van der Waals surface area contributed by atoms with Crippen LogP contribution < -0.4 is 34.2 Å². The van der Waals surface area contributed by atoms with Crippen LogP contribution >= 0.6 is 11.3 Å². The van der Waals surface area contributed by atoms with Gasteiger partial charge in [-0.2, -0.15) is 0 Å². The number of anilines is 2. The molecule has 3 aliphatic heterocycles. The number of nitrogens with zero attached hydrogens (tertiary/aromatic N) is 4. The standard InChI is InChI=1S/C22H18N4O4S/c1-12-3-5-15-14(7-12)18(20(27)24(15)2)19-21(28)26-10-25(9-23-22(26)31-19)13-4-6-16-17(8-13)30-11-29-16/h3-8H,9-11H2,1-2H3. The minimum absolute atomic E-state index is 0.162. The number of hydrogen-bond donors (Lipinski definition) is 0. The molecule has 0 spiro atoms. The van der Waals surface area contributed by atoms with E-state index >= 15 is 0 Å². The molecule has 31 heavy (non-hydrogen) atoms. The molecular weight excluding hydrogens is 416 g/mol. The third-order valence-electron chi connectivity index (χ3n) is 5.80. The Hall–Kier alpha value is -3.59. The summed E-state index contributed by atoms with van der Waals surface area (Å²) in [5, 5.41) is 0. The van der Waals surface area contributed by atoms with E-state index in [2.05, 4.69) is 4.99 Å². The third-order valence-corrected chi connectivity index (χ3v) is 6.92. The van der Waals surface area contributed by atoms with Crippen molar-refractivity contribution in [3.63, 3.8) is 0 Å². The zero-order valence-electron chi connectivity index (χ0n) is 16.9. The van der Waals surface area contributed by atoms with Crippen molar-refractivity contribution in [2.75, 3.05) is 30.3 Å². The van der Waals surface area contributed by atoms with Gasteiger partial charge in [0, 0.05) is 24.4 Å². The number of likely N-dealkylation sites (N-methyl/N-ethyl adjacent to an activating group) is 1. The fourth-order valence-electron chi connectivity index (χ4n) is 4.16. The predicted octanol–water partition coefficient (Wildman–Crippen LogP) is 1.18. The van der Waals surface area contributed by atoms with Crippen LogP contribution in [0.25, 0.3) is 5.57 Å². The van der Waals surface area contributed by atoms with Crippen molar-refractivity contribution in [2.24, 2.45) is 4.99 Å². The summed E-state index contributed by atoms with van der Waals surface area (Å²) < 4.78 is 12.9. The normalized spacial score (nSPS) is 18.2. The summed E-state index contributed by atoms with van der Waals surface area (Å²) in [6, 6.07) is 11.5. The molecule has 0 saturated carbocycles. The van der Waals surface area contributed by atoms with Crippen LogP contribution in [0.15, 0.2) is 46.2 Å². The monoisotopic (exact) mass is 434 g/mol. The summed E-state index contributed by atoms with van der Waals surface area (Å²) in [7, 11) is 1.74. The maximum atomic E-state index is 13.4. The van der Waals surface area contributed by atoms with Gasteiger partial charge in [-0.15, -0.1) is 0 Å². The molecule has 0 radical (unpaired) electrons. The van der Waals surface area contributed by atoms with Gasteiger partial charge in [-0.25, -0.2) is 4.99 Å². The topological polar surface area (TPSA) is 76.4 Å². The minimum atomic E-state index is -0.194. The molecular formula is C22H18N4O4S. The lowest BCUT2D eigenvalue weighted by Gasteiger charge is -2.25. The van der Waals surface area contributed by atoms with Crippen LogP contribution in [0.1, 0.15) is 11.1 Å². The van der Waals surface area contributed by atoms with Gasteiger partial charge in [-0.1, -0.05) is 23.0 Å².